The summed E-state index contributed by atoms with van der Waals surface area (Å²) < 4.78 is 78.5. The number of alkyl halides is 6. The highest BCUT2D eigenvalue weighted by atomic mass is 19.4. The van der Waals surface area contributed by atoms with Crippen molar-refractivity contribution in [2.45, 2.75) is 31.2 Å². The van der Waals surface area contributed by atoms with E-state index in [9.17, 15) is 35.9 Å². The van der Waals surface area contributed by atoms with Gasteiger partial charge in [0.15, 0.2) is 0 Å². The minimum absolute atomic E-state index is 0.0139. The molecular weight excluding hydrogens is 402 g/mol. The molecule has 0 spiro atoms. The lowest BCUT2D eigenvalue weighted by Crippen LogP contribution is -2.46. The van der Waals surface area contributed by atoms with Crippen LogP contribution < -0.4 is 10.2 Å². The first-order valence-corrected chi connectivity index (χ1v) is 8.31. The number of benzene rings is 2. The second kappa shape index (κ2) is 6.78. The molecule has 3 amide bonds. The second-order valence-electron chi connectivity index (χ2n) is 6.83. The number of urea groups is 1. The van der Waals surface area contributed by atoms with Crippen LogP contribution in [0.5, 0.6) is 0 Å². The third kappa shape index (κ3) is 4.06. The van der Waals surface area contributed by atoms with Gasteiger partial charge in [-0.2, -0.15) is 26.3 Å². The first-order chi connectivity index (χ1) is 13.3. The minimum atomic E-state index is -5.09. The molecule has 3 rings (SSSR count). The number of hydrogen-bond donors (Lipinski definition) is 1. The third-order valence-electron chi connectivity index (χ3n) is 4.49. The molecule has 154 valence electrons. The van der Waals surface area contributed by atoms with E-state index in [1.807, 2.05) is 0 Å². The zero-order valence-corrected chi connectivity index (χ0v) is 14.9. The van der Waals surface area contributed by atoms with Gasteiger partial charge in [0.05, 0.1) is 16.8 Å². The van der Waals surface area contributed by atoms with Crippen molar-refractivity contribution in [1.29, 1.82) is 0 Å². The maximum absolute atomic E-state index is 13.1. The van der Waals surface area contributed by atoms with E-state index < -0.39 is 46.6 Å². The molecule has 0 aromatic heterocycles. The van der Waals surface area contributed by atoms with Gasteiger partial charge in [-0.1, -0.05) is 30.3 Å². The maximum Gasteiger partial charge on any atom is 0.416 e. The Bertz CT molecular complexity index is 923. The van der Waals surface area contributed by atoms with E-state index in [2.05, 4.69) is 5.32 Å². The van der Waals surface area contributed by atoms with Gasteiger partial charge < -0.3 is 5.32 Å². The molecule has 29 heavy (non-hydrogen) atoms. The molecule has 0 aliphatic carbocycles. The minimum Gasteiger partial charge on any atom is -0.323 e. The smallest absolute Gasteiger partial charge is 0.323 e. The van der Waals surface area contributed by atoms with Crippen LogP contribution in [0.1, 0.15) is 23.6 Å². The molecule has 1 aliphatic rings. The highest BCUT2D eigenvalue weighted by Crippen LogP contribution is 2.39. The van der Waals surface area contributed by atoms with Crippen LogP contribution in [-0.2, 0) is 23.6 Å². The van der Waals surface area contributed by atoms with Crippen LogP contribution in [0.15, 0.2) is 48.5 Å². The number of nitrogens with one attached hydrogen (secondary N) is 1. The number of nitrogens with zero attached hydrogens (tertiary/aromatic N) is 1. The van der Waals surface area contributed by atoms with Crippen LogP contribution in [0, 0.1) is 0 Å². The van der Waals surface area contributed by atoms with Crippen molar-refractivity contribution < 1.29 is 35.9 Å². The number of amides is 3. The monoisotopic (exact) mass is 416 g/mol. The molecular formula is C19H14F6N2O2. The van der Waals surface area contributed by atoms with Gasteiger partial charge in [0.1, 0.15) is 5.54 Å². The summed E-state index contributed by atoms with van der Waals surface area (Å²) in [7, 11) is 0. The topological polar surface area (TPSA) is 49.4 Å². The number of imide groups is 1. The zero-order valence-electron chi connectivity index (χ0n) is 14.9. The van der Waals surface area contributed by atoms with Gasteiger partial charge in [-0.05, 0) is 30.7 Å². The molecule has 1 saturated heterocycles. The lowest BCUT2D eigenvalue weighted by atomic mass is 9.92. The van der Waals surface area contributed by atoms with Gasteiger partial charge in [0, 0.05) is 6.42 Å². The fourth-order valence-electron chi connectivity index (χ4n) is 3.11. The maximum atomic E-state index is 13.1. The predicted octanol–water partition coefficient (Wildman–Crippen LogP) is 4.78. The Morgan fingerprint density at radius 1 is 0.897 bits per heavy atom. The normalized spacial score (nSPS) is 20.2. The first-order valence-electron chi connectivity index (χ1n) is 8.31. The van der Waals surface area contributed by atoms with Gasteiger partial charge in [0.2, 0.25) is 0 Å². The average molecular weight is 416 g/mol. The number of hydrogen-bond acceptors (Lipinski definition) is 2. The SMILES string of the molecule is CC1(Cc2ccccc2)NC(=O)N(c2cc(C(F)(F)F)cc(C(F)(F)F)c2)C1=O. The fraction of sp³-hybridized carbons (Fsp3) is 0.263. The molecule has 1 fully saturated rings. The summed E-state index contributed by atoms with van der Waals surface area (Å²) in [5.74, 6) is -0.946. The molecule has 0 saturated carbocycles. The van der Waals surface area contributed by atoms with E-state index in [0.29, 0.717) is 22.6 Å². The quantitative estimate of drug-likeness (QED) is 0.578. The van der Waals surface area contributed by atoms with E-state index in [4.69, 9.17) is 0 Å². The van der Waals surface area contributed by atoms with Crippen LogP contribution in [0.2, 0.25) is 0 Å². The Labute approximate surface area is 161 Å². The summed E-state index contributed by atoms with van der Waals surface area (Å²) in [4.78, 5) is 25.5. The van der Waals surface area contributed by atoms with Crippen molar-refractivity contribution in [3.05, 3.63) is 65.2 Å². The summed E-state index contributed by atoms with van der Waals surface area (Å²) in [5.41, 5.74) is -4.89. The molecule has 10 heteroatoms. The Morgan fingerprint density at radius 2 is 1.41 bits per heavy atom. The Morgan fingerprint density at radius 3 is 1.90 bits per heavy atom. The Balaban J connectivity index is 2.04. The van der Waals surface area contributed by atoms with E-state index in [0.717, 1.165) is 0 Å². The van der Waals surface area contributed by atoms with Gasteiger partial charge >= 0.3 is 18.4 Å². The molecule has 1 unspecified atom stereocenters. The highest BCUT2D eigenvalue weighted by molar-refractivity contribution is 6.23. The van der Waals surface area contributed by atoms with Crippen LogP contribution in [-0.4, -0.2) is 17.5 Å². The zero-order chi connectivity index (χ0) is 21.6. The van der Waals surface area contributed by atoms with Gasteiger partial charge in [-0.15, -0.1) is 0 Å². The van der Waals surface area contributed by atoms with Gasteiger partial charge in [-0.25, -0.2) is 9.69 Å². The number of carbonyl (C=O) groups excluding carboxylic acids is 2. The number of rotatable bonds is 3. The number of anilines is 1. The van der Waals surface area contributed by atoms with E-state index in [1.54, 1.807) is 30.3 Å². The molecule has 1 heterocycles. The van der Waals surface area contributed by atoms with Crippen LogP contribution in [0.4, 0.5) is 36.8 Å². The summed E-state index contributed by atoms with van der Waals surface area (Å²) in [6.45, 7) is 1.36. The molecule has 2 aromatic rings. The van der Waals surface area contributed by atoms with Gasteiger partial charge in [-0.3, -0.25) is 4.79 Å². The Hall–Kier alpha value is -3.04. The molecule has 1 N–H and O–H groups in total. The largest absolute Gasteiger partial charge is 0.416 e. The van der Waals surface area contributed by atoms with Crippen LogP contribution >= 0.6 is 0 Å². The molecule has 2 aromatic carbocycles. The van der Waals surface area contributed by atoms with Crippen molar-refractivity contribution in [1.82, 2.24) is 5.32 Å². The highest BCUT2D eigenvalue weighted by Gasteiger charge is 2.49. The van der Waals surface area contributed by atoms with E-state index in [-0.39, 0.29) is 12.5 Å². The third-order valence-corrected chi connectivity index (χ3v) is 4.49. The van der Waals surface area contributed by atoms with E-state index >= 15 is 0 Å². The molecule has 0 bridgehead atoms. The summed E-state index contributed by atoms with van der Waals surface area (Å²) in [6.07, 6.45) is -10.2. The molecule has 1 aliphatic heterocycles. The summed E-state index contributed by atoms with van der Waals surface area (Å²) >= 11 is 0. The number of halogens is 6. The summed E-state index contributed by atoms with van der Waals surface area (Å²) in [6, 6.07) is 8.02. The lowest BCUT2D eigenvalue weighted by Gasteiger charge is -2.22. The van der Waals surface area contributed by atoms with Crippen LogP contribution in [0.3, 0.4) is 0 Å². The van der Waals surface area contributed by atoms with Crippen molar-refractivity contribution in [3.63, 3.8) is 0 Å². The van der Waals surface area contributed by atoms with E-state index in [1.165, 1.54) is 6.92 Å². The molecule has 1 atom stereocenters. The van der Waals surface area contributed by atoms with Gasteiger partial charge in [0.25, 0.3) is 5.91 Å². The van der Waals surface area contributed by atoms with Crippen molar-refractivity contribution in [3.8, 4) is 0 Å². The fourth-order valence-corrected chi connectivity index (χ4v) is 3.11. The predicted molar refractivity (Wildman–Crippen MR) is 91.0 cm³/mol. The average Bonchev–Trinajstić information content (AvgIpc) is 2.82. The lowest BCUT2D eigenvalue weighted by molar-refractivity contribution is -0.143. The Kier molecular flexibility index (Phi) is 4.84. The molecule has 0 radical (unpaired) electrons. The molecule has 4 nitrogen and oxygen atoms in total. The first kappa shape index (κ1) is 20.7. The second-order valence-corrected chi connectivity index (χ2v) is 6.83. The summed E-state index contributed by atoms with van der Waals surface area (Å²) in [5, 5.41) is 2.37. The van der Waals surface area contributed by atoms with Crippen molar-refractivity contribution in [2.24, 2.45) is 0 Å². The van der Waals surface area contributed by atoms with Crippen molar-refractivity contribution >= 4 is 17.6 Å². The number of carbonyl (C=O) groups is 2. The van der Waals surface area contributed by atoms with Crippen molar-refractivity contribution in [2.75, 3.05) is 4.90 Å². The standard InChI is InChI=1S/C19H14F6N2O2/c1-17(10-11-5-3-2-4-6-11)15(28)27(16(29)26-17)14-8-12(18(20,21)22)7-13(9-14)19(23,24)25/h2-9H,10H2,1H3,(H,26,29). The van der Waals surface area contributed by atoms with Crippen LogP contribution in [0.25, 0.3) is 0 Å².